The van der Waals surface area contributed by atoms with Crippen molar-refractivity contribution in [2.24, 2.45) is 52.3 Å². The standard InChI is InChI=1S/C67H98N4O11S2/c1-42(23-29-68-4)32-45(33-44-13-16-49(74)17-14-44)37-70-54-39-83-84-41-64(3,79)36-47-11-9-10-46-34-52-53(65(40-72)24-7-8-25-65)38-80-62-56(76)21-19-51(60(52)62)61(46)66(27-30-69-31-28-66)58(35-57(81-43(2)73)50(47)18-20-55(54)75)82-63(78)67-26-6-5-12-48(67)15-22-59(77)71-67/h13-14,16-17,19,21,42,45-48,50,52-55,57-58,61,68-70,72,74-76,79H,5-8,11-12,15,18,20,22-41H2,1-4H3,(H,71,77)/t42-,45-,46-,47+,48+,50-,52+,53-,54+,55+,57-,58+,61-,64-,67+/m0/s1. The molecule has 8 aliphatic rings. The van der Waals surface area contributed by atoms with Gasteiger partial charge in [0.1, 0.15) is 23.5 Å². The van der Waals surface area contributed by atoms with Gasteiger partial charge in [0.15, 0.2) is 11.5 Å². The first-order valence-electron chi connectivity index (χ1n) is 32.3. The zero-order valence-electron chi connectivity index (χ0n) is 50.5. The van der Waals surface area contributed by atoms with E-state index in [1.54, 1.807) is 39.8 Å². The van der Waals surface area contributed by atoms with Crippen molar-refractivity contribution in [3.8, 4) is 29.1 Å². The number of aliphatic hydroxyl groups excluding tert-OH is 2. The molecule has 4 aliphatic carbocycles. The van der Waals surface area contributed by atoms with E-state index >= 15 is 4.79 Å². The summed E-state index contributed by atoms with van der Waals surface area (Å²) in [4.78, 5) is 43.4. The Kier molecular flexibility index (Phi) is 20.9. The number of carbonyl (C=O) groups is 3. The molecule has 0 bridgehead atoms. The van der Waals surface area contributed by atoms with Crippen LogP contribution >= 0.6 is 21.6 Å². The lowest BCUT2D eigenvalue weighted by molar-refractivity contribution is -0.183. The third-order valence-electron chi connectivity index (χ3n) is 21.9. The first-order valence-corrected chi connectivity index (χ1v) is 34.7. The molecular weight excluding hydrogens is 1100 g/mol. The number of hydrogen-bond acceptors (Lipinski definition) is 16. The molecule has 0 aromatic heterocycles. The van der Waals surface area contributed by atoms with Crippen molar-refractivity contribution in [1.82, 2.24) is 21.3 Å². The van der Waals surface area contributed by atoms with E-state index in [0.29, 0.717) is 114 Å². The van der Waals surface area contributed by atoms with Crippen LogP contribution in [0.25, 0.3) is 0 Å². The van der Waals surface area contributed by atoms with E-state index in [0.717, 1.165) is 87.4 Å². The minimum absolute atomic E-state index is 0.0230. The number of aliphatic hydroxyl groups is 3. The van der Waals surface area contributed by atoms with Crippen molar-refractivity contribution in [2.75, 3.05) is 57.9 Å². The van der Waals surface area contributed by atoms with Gasteiger partial charge in [-0.3, -0.25) is 9.59 Å². The maximum absolute atomic E-state index is 15.9. The van der Waals surface area contributed by atoms with Crippen molar-refractivity contribution >= 4 is 39.4 Å². The summed E-state index contributed by atoms with van der Waals surface area (Å²) in [6.07, 6.45) is 11.7. The molecule has 15 nitrogen and oxygen atoms in total. The van der Waals surface area contributed by atoms with Crippen molar-refractivity contribution in [1.29, 1.82) is 0 Å². The number of phenolic OH excluding ortho intramolecular Hbond substituents is 2. The number of hydrogen-bond donors (Lipinski definition) is 9. The summed E-state index contributed by atoms with van der Waals surface area (Å²) in [5.74, 6) is 7.72. The van der Waals surface area contributed by atoms with E-state index in [1.807, 2.05) is 26.1 Å². The van der Waals surface area contributed by atoms with E-state index in [9.17, 15) is 35.1 Å². The largest absolute Gasteiger partial charge is 0.508 e. The summed E-state index contributed by atoms with van der Waals surface area (Å²) in [6, 6.07) is 11.0. The maximum atomic E-state index is 15.9. The fourth-order valence-corrected chi connectivity index (χ4v) is 20.4. The van der Waals surface area contributed by atoms with Crippen LogP contribution in [-0.4, -0.2) is 137 Å². The van der Waals surface area contributed by atoms with Gasteiger partial charge in [-0.15, -0.1) is 5.92 Å². The number of amides is 1. The Balaban J connectivity index is 1.07. The zero-order chi connectivity index (χ0) is 59.2. The number of ether oxygens (including phenoxy) is 3. The Morgan fingerprint density at radius 2 is 1.73 bits per heavy atom. The van der Waals surface area contributed by atoms with Gasteiger partial charge in [-0.25, -0.2) is 4.79 Å². The predicted octanol–water partition coefficient (Wildman–Crippen LogP) is 9.06. The summed E-state index contributed by atoms with van der Waals surface area (Å²) >= 11 is 0. The molecule has 1 amide bonds. The smallest absolute Gasteiger partial charge is 0.332 e. The first kappa shape index (κ1) is 63.3. The van der Waals surface area contributed by atoms with Crippen molar-refractivity contribution in [3.63, 3.8) is 0 Å². The second kappa shape index (κ2) is 27.8. The van der Waals surface area contributed by atoms with Gasteiger partial charge in [0.05, 0.1) is 18.3 Å². The minimum atomic E-state index is -1.20. The van der Waals surface area contributed by atoms with Gasteiger partial charge in [0.25, 0.3) is 0 Å². The predicted molar refractivity (Wildman–Crippen MR) is 330 cm³/mol. The monoisotopic (exact) mass is 1200 g/mol. The Hall–Kier alpha value is -3.73. The van der Waals surface area contributed by atoms with Gasteiger partial charge in [-0.05, 0) is 189 Å². The summed E-state index contributed by atoms with van der Waals surface area (Å²) in [7, 11) is 5.25. The number of fused-ring (bicyclic) bond motifs is 5. The number of benzene rings is 2. The van der Waals surface area contributed by atoms with Crippen LogP contribution in [0.1, 0.15) is 178 Å². The molecular formula is C67H98N4O11S2. The molecule has 5 fully saturated rings. The Morgan fingerprint density at radius 1 is 0.952 bits per heavy atom. The third kappa shape index (κ3) is 13.9. The highest BCUT2D eigenvalue weighted by Crippen LogP contribution is 2.65. The van der Waals surface area contributed by atoms with Crippen LogP contribution in [0, 0.1) is 64.1 Å². The summed E-state index contributed by atoms with van der Waals surface area (Å²) in [5.41, 5.74) is -0.378. The van der Waals surface area contributed by atoms with Gasteiger partial charge in [0.2, 0.25) is 5.91 Å². The third-order valence-corrected chi connectivity index (χ3v) is 24.6. The first-order chi connectivity index (χ1) is 40.5. The van der Waals surface area contributed by atoms with E-state index in [2.05, 4.69) is 46.1 Å². The van der Waals surface area contributed by atoms with Crippen LogP contribution in [0.3, 0.4) is 0 Å². The van der Waals surface area contributed by atoms with Crippen LogP contribution in [0.5, 0.6) is 17.2 Å². The van der Waals surface area contributed by atoms with E-state index in [-0.39, 0.29) is 83.3 Å². The minimum Gasteiger partial charge on any atom is -0.508 e. The lowest BCUT2D eigenvalue weighted by atomic mass is 9.51. The van der Waals surface area contributed by atoms with Crippen LogP contribution in [0.2, 0.25) is 0 Å². The molecule has 2 aromatic carbocycles. The molecule has 10 rings (SSSR count). The summed E-state index contributed by atoms with van der Waals surface area (Å²) in [6.45, 7) is 8.90. The average molecular weight is 1200 g/mol. The number of esters is 2. The zero-order valence-corrected chi connectivity index (χ0v) is 52.1. The normalized spacial score (nSPS) is 34.7. The molecule has 3 saturated heterocycles. The Labute approximate surface area is 507 Å². The molecule has 0 radical (unpaired) electrons. The molecule has 1 spiro atoms. The SMILES string of the molecule is CNCC[C@H](C)C[C@H](CN[C@@H]1CSSC[C@@](C)(O)C[C@H]2CC#C[C@H]3C[C@H]4c5c(ccc(O)c5OC[C@@H]4C4(CO)CCCC4)[C@H]3C3(CCNCC3)[C@H](OC(=O)[C@@]34CCCC[C@@H]3CCC(=O)N4)C[C@H](OC(C)=O)[C@H]2CC[C@H]1O)Cc1ccc(O)cc1. The van der Waals surface area contributed by atoms with Gasteiger partial charge in [-0.2, -0.15) is 0 Å². The topological polar surface area (TPSA) is 228 Å². The molecule has 15 atom stereocenters. The number of aromatic hydroxyl groups is 2. The number of carbonyl (C=O) groups excluding carboxylic acids is 3. The van der Waals surface area contributed by atoms with Gasteiger partial charge >= 0.3 is 11.9 Å². The van der Waals surface area contributed by atoms with Gasteiger partial charge < -0.3 is 61.0 Å². The van der Waals surface area contributed by atoms with Crippen LogP contribution in [-0.2, 0) is 30.3 Å². The number of rotatable bonds is 15. The molecule has 2 saturated carbocycles. The van der Waals surface area contributed by atoms with E-state index in [4.69, 9.17) is 14.2 Å². The molecule has 464 valence electrons. The molecule has 4 aliphatic heterocycles. The van der Waals surface area contributed by atoms with E-state index in [1.165, 1.54) is 6.92 Å². The number of piperidine rings is 2. The molecule has 2 aromatic rings. The number of nitrogens with one attached hydrogen (secondary N) is 4. The second-order valence-corrected chi connectivity index (χ2v) is 30.1. The second-order valence-electron chi connectivity index (χ2n) is 27.6. The summed E-state index contributed by atoms with van der Waals surface area (Å²) < 4.78 is 20.9. The quantitative estimate of drug-likeness (QED) is 0.0460. The highest BCUT2D eigenvalue weighted by atomic mass is 33.1. The van der Waals surface area contributed by atoms with Crippen LogP contribution < -0.4 is 26.0 Å². The van der Waals surface area contributed by atoms with Crippen LogP contribution in [0.15, 0.2) is 36.4 Å². The number of phenols is 2. The molecule has 0 unspecified atom stereocenters. The highest BCUT2D eigenvalue weighted by Gasteiger charge is 2.61. The van der Waals surface area contributed by atoms with Crippen molar-refractivity contribution in [3.05, 3.63) is 53.1 Å². The van der Waals surface area contributed by atoms with Crippen LogP contribution in [0.4, 0.5) is 0 Å². The lowest BCUT2D eigenvalue weighted by Gasteiger charge is -2.56. The lowest BCUT2D eigenvalue weighted by Crippen LogP contribution is -2.65. The Bertz CT molecular complexity index is 2640. The average Bonchev–Trinajstić information content (AvgIpc) is 1.26. The molecule has 17 heteroatoms. The molecule has 4 heterocycles. The maximum Gasteiger partial charge on any atom is 0.332 e. The Morgan fingerprint density at radius 3 is 2.48 bits per heavy atom. The van der Waals surface area contributed by atoms with Gasteiger partial charge in [0, 0.05) is 90.4 Å². The fourth-order valence-electron chi connectivity index (χ4n) is 17.6. The molecule has 84 heavy (non-hydrogen) atoms. The van der Waals surface area contributed by atoms with E-state index < -0.39 is 52.7 Å². The van der Waals surface area contributed by atoms with Crippen molar-refractivity contribution in [2.45, 2.75) is 203 Å². The fraction of sp³-hybridized carbons (Fsp3) is 0.746. The molecule has 9 N–H and O–H groups in total. The highest BCUT2D eigenvalue weighted by molar-refractivity contribution is 8.76. The van der Waals surface area contributed by atoms with Gasteiger partial charge in [-0.1, -0.05) is 78.3 Å². The summed E-state index contributed by atoms with van der Waals surface area (Å²) in [5, 5.41) is 72.5. The van der Waals surface area contributed by atoms with Crippen molar-refractivity contribution < 1.29 is 54.1 Å².